The monoisotopic (exact) mass is 262 g/mol. The highest BCUT2D eigenvalue weighted by molar-refractivity contribution is 6.30. The van der Waals surface area contributed by atoms with Gasteiger partial charge in [-0.15, -0.1) is 0 Å². The van der Waals surface area contributed by atoms with Crippen molar-refractivity contribution in [3.63, 3.8) is 0 Å². The number of nitrogens with one attached hydrogen (secondary N) is 1. The predicted molar refractivity (Wildman–Crippen MR) is 70.0 cm³/mol. The lowest BCUT2D eigenvalue weighted by molar-refractivity contribution is 0.102. The fraction of sp³-hybridized carbons (Fsp3) is 0.0769. The highest BCUT2D eigenvalue weighted by Crippen LogP contribution is 2.22. The zero-order chi connectivity index (χ0) is 13.1. The number of carbonyl (C=O) groups excluding carboxylic acids is 1. The van der Waals surface area contributed by atoms with Crippen molar-refractivity contribution < 1.29 is 9.90 Å². The minimum atomic E-state index is -0.408. The molecule has 1 amide bonds. The largest absolute Gasteiger partial charge is 0.507 e. The average molecular weight is 263 g/mol. The van der Waals surface area contributed by atoms with E-state index in [1.807, 2.05) is 6.92 Å². The first-order chi connectivity index (χ1) is 8.56. The van der Waals surface area contributed by atoms with Gasteiger partial charge in [0.2, 0.25) is 0 Å². The van der Waals surface area contributed by atoms with Crippen LogP contribution in [0.5, 0.6) is 5.75 Å². The van der Waals surface area contributed by atoms with Crippen molar-refractivity contribution in [2.75, 3.05) is 5.32 Å². The molecule has 1 aromatic heterocycles. The van der Waals surface area contributed by atoms with Crippen LogP contribution in [0.1, 0.15) is 16.1 Å². The number of hydrogen-bond donors (Lipinski definition) is 2. The summed E-state index contributed by atoms with van der Waals surface area (Å²) in [5.74, 6) is -0.560. The molecule has 0 fully saturated rings. The third-order valence-electron chi connectivity index (χ3n) is 2.37. The van der Waals surface area contributed by atoms with Gasteiger partial charge in [0.1, 0.15) is 5.75 Å². The number of phenols is 1. The van der Waals surface area contributed by atoms with Crippen molar-refractivity contribution >= 4 is 23.2 Å². The molecule has 5 heteroatoms. The van der Waals surface area contributed by atoms with Crippen LogP contribution >= 0.6 is 11.6 Å². The summed E-state index contributed by atoms with van der Waals surface area (Å²) in [7, 11) is 0. The Morgan fingerprint density at radius 2 is 2.11 bits per heavy atom. The third kappa shape index (κ3) is 2.78. The Bertz CT molecular complexity index is 582. The molecule has 2 rings (SSSR count). The van der Waals surface area contributed by atoms with Crippen molar-refractivity contribution in [3.8, 4) is 5.75 Å². The van der Waals surface area contributed by atoms with E-state index in [1.54, 1.807) is 24.4 Å². The van der Waals surface area contributed by atoms with Crippen LogP contribution in [0.15, 0.2) is 36.5 Å². The second kappa shape index (κ2) is 5.06. The molecule has 0 radical (unpaired) electrons. The zero-order valence-electron chi connectivity index (χ0n) is 9.64. The van der Waals surface area contributed by atoms with E-state index in [0.717, 1.165) is 5.69 Å². The molecule has 18 heavy (non-hydrogen) atoms. The number of nitrogens with zero attached hydrogens (tertiary/aromatic N) is 1. The topological polar surface area (TPSA) is 62.2 Å². The molecule has 0 unspecified atom stereocenters. The van der Waals surface area contributed by atoms with Crippen LogP contribution in [0.25, 0.3) is 0 Å². The summed E-state index contributed by atoms with van der Waals surface area (Å²) in [5.41, 5.74) is 1.60. The van der Waals surface area contributed by atoms with Gasteiger partial charge < -0.3 is 10.4 Å². The first-order valence-corrected chi connectivity index (χ1v) is 5.66. The van der Waals surface area contributed by atoms with Gasteiger partial charge in [-0.1, -0.05) is 11.6 Å². The van der Waals surface area contributed by atoms with Crippen molar-refractivity contribution in [2.45, 2.75) is 6.92 Å². The minimum absolute atomic E-state index is 0.153. The summed E-state index contributed by atoms with van der Waals surface area (Å²) in [6, 6.07) is 7.87. The lowest BCUT2D eigenvalue weighted by atomic mass is 10.2. The van der Waals surface area contributed by atoms with Crippen molar-refractivity contribution in [1.82, 2.24) is 4.98 Å². The summed E-state index contributed by atoms with van der Waals surface area (Å²) in [6.45, 7) is 1.86. The molecule has 0 saturated carbocycles. The van der Waals surface area contributed by atoms with Gasteiger partial charge in [0.05, 0.1) is 17.4 Å². The highest BCUT2D eigenvalue weighted by atomic mass is 35.5. The predicted octanol–water partition coefficient (Wildman–Crippen LogP) is 3.00. The first kappa shape index (κ1) is 12.4. The summed E-state index contributed by atoms with van der Waals surface area (Å²) in [6.07, 6.45) is 1.56. The number of amides is 1. The Kier molecular flexibility index (Phi) is 3.48. The maximum absolute atomic E-state index is 11.9. The number of phenolic OH excluding ortho intramolecular Hbond substituents is 1. The van der Waals surface area contributed by atoms with Crippen LogP contribution < -0.4 is 5.32 Å². The van der Waals surface area contributed by atoms with E-state index in [-0.39, 0.29) is 11.3 Å². The van der Waals surface area contributed by atoms with E-state index < -0.39 is 5.91 Å². The molecule has 0 atom stereocenters. The standard InChI is InChI=1S/C13H11ClN2O2/c1-8-2-4-10(7-15-8)16-13(18)11-5-3-9(14)6-12(11)17/h2-7,17H,1H3,(H,16,18). The number of hydrogen-bond acceptors (Lipinski definition) is 3. The molecular formula is C13H11ClN2O2. The maximum Gasteiger partial charge on any atom is 0.259 e. The molecule has 1 heterocycles. The Morgan fingerprint density at radius 1 is 1.33 bits per heavy atom. The van der Waals surface area contributed by atoms with Gasteiger partial charge in [-0.2, -0.15) is 0 Å². The smallest absolute Gasteiger partial charge is 0.259 e. The number of pyridine rings is 1. The van der Waals surface area contributed by atoms with Gasteiger partial charge in [-0.3, -0.25) is 9.78 Å². The lowest BCUT2D eigenvalue weighted by Crippen LogP contribution is -2.12. The number of halogens is 1. The molecule has 0 aliphatic carbocycles. The molecular weight excluding hydrogens is 252 g/mol. The molecule has 0 aliphatic rings. The normalized spacial score (nSPS) is 10.1. The van der Waals surface area contributed by atoms with E-state index in [1.165, 1.54) is 12.1 Å². The quantitative estimate of drug-likeness (QED) is 0.875. The Balaban J connectivity index is 2.19. The zero-order valence-corrected chi connectivity index (χ0v) is 10.4. The molecule has 2 aromatic rings. The molecule has 0 bridgehead atoms. The van der Waals surface area contributed by atoms with Crippen LogP contribution in [0, 0.1) is 6.92 Å². The third-order valence-corrected chi connectivity index (χ3v) is 2.61. The second-order valence-electron chi connectivity index (χ2n) is 3.80. The molecule has 1 aromatic carbocycles. The van der Waals surface area contributed by atoms with Gasteiger partial charge in [-0.05, 0) is 37.3 Å². The van der Waals surface area contributed by atoms with Gasteiger partial charge in [-0.25, -0.2) is 0 Å². The summed E-state index contributed by atoms with van der Waals surface area (Å²) in [5, 5.41) is 12.6. The van der Waals surface area contributed by atoms with E-state index in [9.17, 15) is 9.90 Å². The number of rotatable bonds is 2. The number of anilines is 1. The lowest BCUT2D eigenvalue weighted by Gasteiger charge is -2.06. The van der Waals surface area contributed by atoms with Crippen LogP contribution in [-0.2, 0) is 0 Å². The number of aryl methyl sites for hydroxylation is 1. The fourth-order valence-corrected chi connectivity index (χ4v) is 1.60. The van der Waals surface area contributed by atoms with Crippen molar-refractivity contribution in [3.05, 3.63) is 52.8 Å². The van der Waals surface area contributed by atoms with E-state index in [0.29, 0.717) is 10.7 Å². The average Bonchev–Trinajstić information content (AvgIpc) is 2.32. The maximum atomic E-state index is 11.9. The molecule has 92 valence electrons. The summed E-state index contributed by atoms with van der Waals surface area (Å²) >= 11 is 5.70. The highest BCUT2D eigenvalue weighted by Gasteiger charge is 2.11. The van der Waals surface area contributed by atoms with Crippen LogP contribution in [-0.4, -0.2) is 16.0 Å². The Morgan fingerprint density at radius 3 is 2.72 bits per heavy atom. The SMILES string of the molecule is Cc1ccc(NC(=O)c2ccc(Cl)cc2O)cn1. The molecule has 0 spiro atoms. The molecule has 0 aliphatic heterocycles. The molecule has 2 N–H and O–H groups in total. The van der Waals surface area contributed by atoms with Gasteiger partial charge in [0.15, 0.2) is 0 Å². The number of aromatic nitrogens is 1. The minimum Gasteiger partial charge on any atom is -0.507 e. The molecule has 0 saturated heterocycles. The van der Waals surface area contributed by atoms with Crippen LogP contribution in [0.4, 0.5) is 5.69 Å². The van der Waals surface area contributed by atoms with Gasteiger partial charge in [0, 0.05) is 10.7 Å². The number of benzene rings is 1. The Labute approximate surface area is 109 Å². The Hall–Kier alpha value is -2.07. The fourth-order valence-electron chi connectivity index (χ4n) is 1.44. The number of aromatic hydroxyl groups is 1. The van der Waals surface area contributed by atoms with Crippen LogP contribution in [0.2, 0.25) is 5.02 Å². The van der Waals surface area contributed by atoms with E-state index in [2.05, 4.69) is 10.3 Å². The van der Waals surface area contributed by atoms with Gasteiger partial charge in [0.25, 0.3) is 5.91 Å². The number of carbonyl (C=O) groups is 1. The van der Waals surface area contributed by atoms with Gasteiger partial charge >= 0.3 is 0 Å². The van der Waals surface area contributed by atoms with E-state index in [4.69, 9.17) is 11.6 Å². The van der Waals surface area contributed by atoms with Crippen LogP contribution in [0.3, 0.4) is 0 Å². The molecule has 4 nitrogen and oxygen atoms in total. The first-order valence-electron chi connectivity index (χ1n) is 5.29. The van der Waals surface area contributed by atoms with Crippen molar-refractivity contribution in [2.24, 2.45) is 0 Å². The summed E-state index contributed by atoms with van der Waals surface area (Å²) < 4.78 is 0. The second-order valence-corrected chi connectivity index (χ2v) is 4.24. The van der Waals surface area contributed by atoms with Crippen molar-refractivity contribution in [1.29, 1.82) is 0 Å². The summed E-state index contributed by atoms with van der Waals surface area (Å²) in [4.78, 5) is 16.0. The van der Waals surface area contributed by atoms with E-state index >= 15 is 0 Å².